The molecule has 1 aromatic carbocycles. The summed E-state index contributed by atoms with van der Waals surface area (Å²) in [4.78, 5) is 0. The first-order valence-electron chi connectivity index (χ1n) is 5.73. The van der Waals surface area contributed by atoms with Crippen LogP contribution in [0.3, 0.4) is 0 Å². The van der Waals surface area contributed by atoms with Crippen LogP contribution in [0.25, 0.3) is 0 Å². The van der Waals surface area contributed by atoms with Crippen molar-refractivity contribution >= 4 is 27.3 Å². The second-order valence-corrected chi connectivity index (χ2v) is 5.76. The van der Waals surface area contributed by atoms with E-state index in [-0.39, 0.29) is 0 Å². The van der Waals surface area contributed by atoms with Gasteiger partial charge in [0.25, 0.3) is 0 Å². The molecule has 1 aromatic heterocycles. The highest BCUT2D eigenvalue weighted by atomic mass is 79.9. The highest BCUT2D eigenvalue weighted by Gasteiger charge is 2.09. The molecule has 0 aliphatic carbocycles. The van der Waals surface area contributed by atoms with Gasteiger partial charge in [-0.1, -0.05) is 28.1 Å². The van der Waals surface area contributed by atoms with E-state index >= 15 is 0 Å². The van der Waals surface area contributed by atoms with Crippen LogP contribution in [-0.4, -0.2) is 7.05 Å². The van der Waals surface area contributed by atoms with E-state index in [4.69, 9.17) is 0 Å². The molecule has 2 aromatic rings. The molecule has 1 atom stereocenters. The van der Waals surface area contributed by atoms with Crippen molar-refractivity contribution in [1.29, 1.82) is 0 Å². The van der Waals surface area contributed by atoms with Gasteiger partial charge in [0.1, 0.15) is 0 Å². The summed E-state index contributed by atoms with van der Waals surface area (Å²) in [6.45, 7) is 0. The van der Waals surface area contributed by atoms with Crippen molar-refractivity contribution in [2.45, 2.75) is 18.9 Å². The van der Waals surface area contributed by atoms with Gasteiger partial charge in [0, 0.05) is 10.5 Å². The Morgan fingerprint density at radius 2 is 2.24 bits per heavy atom. The molecule has 0 bridgehead atoms. The van der Waals surface area contributed by atoms with Crippen molar-refractivity contribution in [3.05, 3.63) is 56.7 Å². The van der Waals surface area contributed by atoms with Crippen molar-refractivity contribution in [3.63, 3.8) is 0 Å². The average Bonchev–Trinajstić information content (AvgIpc) is 2.83. The van der Waals surface area contributed by atoms with Gasteiger partial charge in [-0.05, 0) is 60.0 Å². The third-order valence-electron chi connectivity index (χ3n) is 2.90. The van der Waals surface area contributed by atoms with Gasteiger partial charge in [-0.15, -0.1) is 0 Å². The van der Waals surface area contributed by atoms with Crippen LogP contribution in [0.1, 0.15) is 23.6 Å². The lowest BCUT2D eigenvalue weighted by molar-refractivity contribution is 0.549. The summed E-state index contributed by atoms with van der Waals surface area (Å²) < 4.78 is 1.14. The number of rotatable bonds is 5. The van der Waals surface area contributed by atoms with E-state index < -0.39 is 0 Å². The minimum Gasteiger partial charge on any atom is -0.313 e. The summed E-state index contributed by atoms with van der Waals surface area (Å²) in [5, 5.41) is 7.76. The molecule has 90 valence electrons. The van der Waals surface area contributed by atoms with Crippen molar-refractivity contribution in [2.24, 2.45) is 0 Å². The second-order valence-electron chi connectivity index (χ2n) is 4.07. The van der Waals surface area contributed by atoms with Crippen LogP contribution in [0.4, 0.5) is 0 Å². The Morgan fingerprint density at radius 3 is 2.88 bits per heavy atom. The first kappa shape index (κ1) is 12.8. The summed E-state index contributed by atoms with van der Waals surface area (Å²) in [7, 11) is 2.03. The van der Waals surface area contributed by atoms with Crippen LogP contribution in [0.5, 0.6) is 0 Å². The molecule has 0 spiro atoms. The lowest BCUT2D eigenvalue weighted by Gasteiger charge is -2.16. The van der Waals surface area contributed by atoms with Crippen LogP contribution >= 0.6 is 27.3 Å². The minimum absolute atomic E-state index is 0.424. The SMILES string of the molecule is CNC(CCc1ccsc1)c1cccc(Br)c1. The molecule has 0 fully saturated rings. The fourth-order valence-electron chi connectivity index (χ4n) is 1.95. The van der Waals surface area contributed by atoms with Crippen LogP contribution in [0.15, 0.2) is 45.6 Å². The standard InChI is InChI=1S/C14H16BrNS/c1-16-14(6-5-11-7-8-17-10-11)12-3-2-4-13(15)9-12/h2-4,7-10,14,16H,5-6H2,1H3. The Balaban J connectivity index is 2.01. The molecule has 0 amide bonds. The molecule has 1 unspecified atom stereocenters. The zero-order chi connectivity index (χ0) is 12.1. The summed E-state index contributed by atoms with van der Waals surface area (Å²) >= 11 is 5.29. The number of hydrogen-bond donors (Lipinski definition) is 1. The van der Waals surface area contributed by atoms with Crippen molar-refractivity contribution in [1.82, 2.24) is 5.32 Å². The fourth-order valence-corrected chi connectivity index (χ4v) is 3.07. The topological polar surface area (TPSA) is 12.0 Å². The van der Waals surface area contributed by atoms with Crippen LogP contribution < -0.4 is 5.32 Å². The molecule has 1 nitrogen and oxygen atoms in total. The summed E-state index contributed by atoms with van der Waals surface area (Å²) in [6.07, 6.45) is 2.26. The lowest BCUT2D eigenvalue weighted by atomic mass is 10.0. The van der Waals surface area contributed by atoms with E-state index in [0.29, 0.717) is 6.04 Å². The Bertz CT molecular complexity index is 453. The van der Waals surface area contributed by atoms with Gasteiger partial charge < -0.3 is 5.32 Å². The number of nitrogens with one attached hydrogen (secondary N) is 1. The van der Waals surface area contributed by atoms with E-state index in [0.717, 1.165) is 17.3 Å². The summed E-state index contributed by atoms with van der Waals surface area (Å²) in [5.74, 6) is 0. The average molecular weight is 310 g/mol. The highest BCUT2D eigenvalue weighted by molar-refractivity contribution is 9.10. The zero-order valence-electron chi connectivity index (χ0n) is 9.82. The lowest BCUT2D eigenvalue weighted by Crippen LogP contribution is -2.17. The maximum atomic E-state index is 3.52. The minimum atomic E-state index is 0.424. The molecule has 1 N–H and O–H groups in total. The second kappa shape index (κ2) is 6.34. The van der Waals surface area contributed by atoms with Crippen molar-refractivity contribution in [3.8, 4) is 0 Å². The predicted octanol–water partition coefficient (Wildman–Crippen LogP) is 4.40. The van der Waals surface area contributed by atoms with Crippen LogP contribution in [-0.2, 0) is 6.42 Å². The number of halogens is 1. The molecule has 0 aliphatic heterocycles. The zero-order valence-corrected chi connectivity index (χ0v) is 12.2. The largest absolute Gasteiger partial charge is 0.313 e. The van der Waals surface area contributed by atoms with Crippen molar-refractivity contribution < 1.29 is 0 Å². The van der Waals surface area contributed by atoms with Crippen LogP contribution in [0, 0.1) is 0 Å². The number of benzene rings is 1. The van der Waals surface area contributed by atoms with Gasteiger partial charge in [-0.3, -0.25) is 0 Å². The van der Waals surface area contributed by atoms with Crippen LogP contribution in [0.2, 0.25) is 0 Å². The Kier molecular flexibility index (Phi) is 4.77. The Labute approximate surface area is 115 Å². The third kappa shape index (κ3) is 3.66. The molecule has 0 radical (unpaired) electrons. The number of thiophene rings is 1. The van der Waals surface area contributed by atoms with E-state index in [1.54, 1.807) is 11.3 Å². The first-order valence-corrected chi connectivity index (χ1v) is 7.47. The molecule has 0 aliphatic rings. The smallest absolute Gasteiger partial charge is 0.0321 e. The molecule has 0 saturated carbocycles. The predicted molar refractivity (Wildman–Crippen MR) is 78.6 cm³/mol. The highest BCUT2D eigenvalue weighted by Crippen LogP contribution is 2.22. The normalized spacial score (nSPS) is 12.6. The Morgan fingerprint density at radius 1 is 1.35 bits per heavy atom. The monoisotopic (exact) mass is 309 g/mol. The van der Waals surface area contributed by atoms with Gasteiger partial charge in [-0.25, -0.2) is 0 Å². The van der Waals surface area contributed by atoms with Crippen molar-refractivity contribution in [2.75, 3.05) is 7.05 Å². The molecule has 3 heteroatoms. The van der Waals surface area contributed by atoms with E-state index in [2.05, 4.69) is 62.3 Å². The van der Waals surface area contributed by atoms with Gasteiger partial charge in [0.15, 0.2) is 0 Å². The van der Waals surface area contributed by atoms with Gasteiger partial charge >= 0.3 is 0 Å². The molecule has 1 heterocycles. The summed E-state index contributed by atoms with van der Waals surface area (Å²) in [6, 6.07) is 11.2. The first-order chi connectivity index (χ1) is 8.29. The summed E-state index contributed by atoms with van der Waals surface area (Å²) in [5.41, 5.74) is 2.78. The molecule has 17 heavy (non-hydrogen) atoms. The molecule has 0 saturated heterocycles. The van der Waals surface area contributed by atoms with E-state index in [1.807, 2.05) is 7.05 Å². The van der Waals surface area contributed by atoms with Gasteiger partial charge in [0.05, 0.1) is 0 Å². The fraction of sp³-hybridized carbons (Fsp3) is 0.286. The Hall–Kier alpha value is -0.640. The third-order valence-corrected chi connectivity index (χ3v) is 4.13. The number of hydrogen-bond acceptors (Lipinski definition) is 2. The van der Waals surface area contributed by atoms with Gasteiger partial charge in [0.2, 0.25) is 0 Å². The maximum Gasteiger partial charge on any atom is 0.0321 e. The number of aryl methyl sites for hydroxylation is 1. The quantitative estimate of drug-likeness (QED) is 0.863. The van der Waals surface area contributed by atoms with Gasteiger partial charge in [-0.2, -0.15) is 11.3 Å². The van der Waals surface area contributed by atoms with E-state index in [9.17, 15) is 0 Å². The maximum absolute atomic E-state index is 3.52. The van der Waals surface area contributed by atoms with E-state index in [1.165, 1.54) is 11.1 Å². The molecule has 2 rings (SSSR count). The molecular weight excluding hydrogens is 294 g/mol. The molecular formula is C14H16BrNS.